The maximum atomic E-state index is 11.8. The fourth-order valence-electron chi connectivity index (χ4n) is 3.17. The van der Waals surface area contributed by atoms with Crippen LogP contribution in [-0.2, 0) is 21.4 Å². The summed E-state index contributed by atoms with van der Waals surface area (Å²) < 4.78 is 31.0. The van der Waals surface area contributed by atoms with Gasteiger partial charge in [-0.25, -0.2) is 8.42 Å². The van der Waals surface area contributed by atoms with E-state index in [0.29, 0.717) is 38.2 Å². The molecule has 1 aliphatic heterocycles. The first-order chi connectivity index (χ1) is 12.9. The topological polar surface area (TPSA) is 83.0 Å². The molecular weight excluding hydrogens is 364 g/mol. The van der Waals surface area contributed by atoms with Crippen molar-refractivity contribution in [3.05, 3.63) is 35.9 Å². The van der Waals surface area contributed by atoms with Gasteiger partial charge in [-0.2, -0.15) is 4.31 Å². The van der Waals surface area contributed by atoms with Gasteiger partial charge in [-0.3, -0.25) is 4.99 Å². The Labute approximate surface area is 163 Å². The molecule has 2 rings (SSSR count). The predicted molar refractivity (Wildman–Crippen MR) is 109 cm³/mol. The van der Waals surface area contributed by atoms with Gasteiger partial charge in [0.1, 0.15) is 0 Å². The highest BCUT2D eigenvalue weighted by atomic mass is 32.2. The van der Waals surface area contributed by atoms with Gasteiger partial charge >= 0.3 is 0 Å². The maximum absolute atomic E-state index is 11.8. The van der Waals surface area contributed by atoms with Gasteiger partial charge in [0.15, 0.2) is 5.96 Å². The second-order valence-corrected chi connectivity index (χ2v) is 9.04. The molecule has 0 bridgehead atoms. The van der Waals surface area contributed by atoms with Gasteiger partial charge in [0.05, 0.1) is 19.5 Å². The summed E-state index contributed by atoms with van der Waals surface area (Å²) in [6, 6.07) is 10.1. The van der Waals surface area contributed by atoms with Crippen molar-refractivity contribution in [3.8, 4) is 0 Å². The number of guanidine groups is 1. The minimum absolute atomic E-state index is 0.00909. The minimum atomic E-state index is -3.15. The molecule has 0 saturated carbocycles. The van der Waals surface area contributed by atoms with Gasteiger partial charge in [0.25, 0.3) is 0 Å². The first-order valence-corrected chi connectivity index (χ1v) is 11.3. The predicted octanol–water partition coefficient (Wildman–Crippen LogP) is 1.43. The summed E-state index contributed by atoms with van der Waals surface area (Å²) in [7, 11) is -1.43. The first-order valence-electron chi connectivity index (χ1n) is 9.43. The molecule has 1 aliphatic rings. The van der Waals surface area contributed by atoms with Crippen LogP contribution >= 0.6 is 0 Å². The first kappa shape index (κ1) is 21.7. The molecular formula is C19H32N4O3S. The Morgan fingerprint density at radius 3 is 2.74 bits per heavy atom. The van der Waals surface area contributed by atoms with E-state index in [4.69, 9.17) is 4.74 Å². The van der Waals surface area contributed by atoms with Crippen LogP contribution in [0.25, 0.3) is 0 Å². The van der Waals surface area contributed by atoms with Crippen molar-refractivity contribution in [2.45, 2.75) is 32.4 Å². The Morgan fingerprint density at radius 1 is 1.33 bits per heavy atom. The largest absolute Gasteiger partial charge is 0.376 e. The summed E-state index contributed by atoms with van der Waals surface area (Å²) in [6.45, 7) is 5.28. The monoisotopic (exact) mass is 396 g/mol. The quantitative estimate of drug-likeness (QED) is 0.487. The lowest BCUT2D eigenvalue weighted by Gasteiger charge is -2.23. The Balaban J connectivity index is 1.67. The second-order valence-electron chi connectivity index (χ2n) is 7.11. The molecule has 0 amide bonds. The number of nitrogens with zero attached hydrogens (tertiary/aromatic N) is 2. The number of nitrogens with one attached hydrogen (secondary N) is 2. The summed E-state index contributed by atoms with van der Waals surface area (Å²) in [6.07, 6.45) is 3.05. The van der Waals surface area contributed by atoms with Crippen molar-refractivity contribution in [3.63, 3.8) is 0 Å². The average molecular weight is 397 g/mol. The number of benzene rings is 1. The van der Waals surface area contributed by atoms with Crippen LogP contribution in [0.15, 0.2) is 35.3 Å². The molecule has 1 heterocycles. The minimum Gasteiger partial charge on any atom is -0.376 e. The van der Waals surface area contributed by atoms with Crippen LogP contribution in [0.1, 0.15) is 25.3 Å². The van der Waals surface area contributed by atoms with Crippen LogP contribution in [-0.4, -0.2) is 64.3 Å². The maximum Gasteiger partial charge on any atom is 0.211 e. The summed E-state index contributed by atoms with van der Waals surface area (Å²) in [5, 5.41) is 6.53. The molecule has 2 atom stereocenters. The molecule has 27 heavy (non-hydrogen) atoms. The lowest BCUT2D eigenvalue weighted by molar-refractivity contribution is 0.0931. The van der Waals surface area contributed by atoms with E-state index < -0.39 is 10.0 Å². The van der Waals surface area contributed by atoms with E-state index in [2.05, 4.69) is 34.7 Å². The van der Waals surface area contributed by atoms with Crippen LogP contribution in [0.3, 0.4) is 0 Å². The van der Waals surface area contributed by atoms with Crippen LogP contribution in [0.2, 0.25) is 0 Å². The molecule has 0 aliphatic carbocycles. The third-order valence-electron chi connectivity index (χ3n) is 4.61. The SMILES string of the molecule is CN=C(NCC(C)COCc1ccccc1)NC[C@H]1CCCN1S(C)(=O)=O. The average Bonchev–Trinajstić information content (AvgIpc) is 3.12. The normalized spacial score (nSPS) is 19.8. The second kappa shape index (κ2) is 10.6. The van der Waals surface area contributed by atoms with Crippen LogP contribution < -0.4 is 10.6 Å². The number of hydrogen-bond acceptors (Lipinski definition) is 4. The van der Waals surface area contributed by atoms with Crippen molar-refractivity contribution in [2.24, 2.45) is 10.9 Å². The number of sulfonamides is 1. The summed E-state index contributed by atoms with van der Waals surface area (Å²) in [4.78, 5) is 4.22. The van der Waals surface area contributed by atoms with Crippen molar-refractivity contribution < 1.29 is 13.2 Å². The fourth-order valence-corrected chi connectivity index (χ4v) is 4.35. The third-order valence-corrected chi connectivity index (χ3v) is 5.94. The van der Waals surface area contributed by atoms with Crippen molar-refractivity contribution >= 4 is 16.0 Å². The van der Waals surface area contributed by atoms with Crippen molar-refractivity contribution in [1.29, 1.82) is 0 Å². The Morgan fingerprint density at radius 2 is 2.07 bits per heavy atom. The molecule has 1 aromatic rings. The zero-order chi connectivity index (χ0) is 19.7. The molecule has 7 nitrogen and oxygen atoms in total. The highest BCUT2D eigenvalue weighted by Crippen LogP contribution is 2.19. The van der Waals surface area contributed by atoms with Crippen LogP contribution in [0, 0.1) is 5.92 Å². The lowest BCUT2D eigenvalue weighted by atomic mass is 10.2. The molecule has 1 unspecified atom stereocenters. The van der Waals surface area contributed by atoms with Crippen LogP contribution in [0.5, 0.6) is 0 Å². The molecule has 1 fully saturated rings. The fraction of sp³-hybridized carbons (Fsp3) is 0.632. The van der Waals surface area contributed by atoms with E-state index in [9.17, 15) is 8.42 Å². The zero-order valence-corrected chi connectivity index (χ0v) is 17.3. The highest BCUT2D eigenvalue weighted by molar-refractivity contribution is 7.88. The molecule has 1 saturated heterocycles. The van der Waals surface area contributed by atoms with Crippen LogP contribution in [0.4, 0.5) is 0 Å². The molecule has 0 aromatic heterocycles. The Kier molecular flexibility index (Phi) is 8.53. The smallest absolute Gasteiger partial charge is 0.211 e. The van der Waals surface area contributed by atoms with E-state index >= 15 is 0 Å². The molecule has 152 valence electrons. The number of rotatable bonds is 9. The van der Waals surface area contributed by atoms with E-state index in [1.165, 1.54) is 11.8 Å². The summed E-state index contributed by atoms with van der Waals surface area (Å²) in [5.41, 5.74) is 1.17. The summed E-state index contributed by atoms with van der Waals surface area (Å²) >= 11 is 0. The van der Waals surface area contributed by atoms with E-state index in [1.807, 2.05) is 18.2 Å². The van der Waals surface area contributed by atoms with E-state index in [0.717, 1.165) is 19.4 Å². The molecule has 2 N–H and O–H groups in total. The third kappa shape index (κ3) is 7.48. The highest BCUT2D eigenvalue weighted by Gasteiger charge is 2.31. The van der Waals surface area contributed by atoms with E-state index in [1.54, 1.807) is 11.4 Å². The molecule has 1 aromatic carbocycles. The number of hydrogen-bond donors (Lipinski definition) is 2. The zero-order valence-electron chi connectivity index (χ0n) is 16.5. The molecule has 8 heteroatoms. The standard InChI is InChI=1S/C19H32N4O3S/c1-16(14-26-15-17-8-5-4-6-9-17)12-21-19(20-2)22-13-18-10-7-11-23(18)27(3,24)25/h4-6,8-9,16,18H,7,10-15H2,1-3H3,(H2,20,21,22)/t16?,18-/m1/s1. The lowest BCUT2D eigenvalue weighted by Crippen LogP contribution is -2.47. The molecule has 0 spiro atoms. The number of aliphatic imine (C=N–C) groups is 1. The van der Waals surface area contributed by atoms with Gasteiger partial charge in [-0.1, -0.05) is 37.3 Å². The van der Waals surface area contributed by atoms with Gasteiger partial charge in [0, 0.05) is 32.7 Å². The van der Waals surface area contributed by atoms with Crippen molar-refractivity contribution in [2.75, 3.05) is 39.5 Å². The van der Waals surface area contributed by atoms with Gasteiger partial charge < -0.3 is 15.4 Å². The Bertz CT molecular complexity index is 694. The molecule has 0 radical (unpaired) electrons. The summed E-state index contributed by atoms with van der Waals surface area (Å²) in [5.74, 6) is 1.01. The van der Waals surface area contributed by atoms with Gasteiger partial charge in [-0.05, 0) is 24.3 Å². The Hall–Kier alpha value is -1.64. The van der Waals surface area contributed by atoms with Crippen molar-refractivity contribution in [1.82, 2.24) is 14.9 Å². The van der Waals surface area contributed by atoms with E-state index in [-0.39, 0.29) is 6.04 Å². The van der Waals surface area contributed by atoms with Gasteiger partial charge in [0.2, 0.25) is 10.0 Å². The van der Waals surface area contributed by atoms with Gasteiger partial charge in [-0.15, -0.1) is 0 Å². The number of ether oxygens (including phenoxy) is 1.